The van der Waals surface area contributed by atoms with Crippen LogP contribution in [-0.2, 0) is 20.9 Å². The van der Waals surface area contributed by atoms with Crippen molar-refractivity contribution in [2.24, 2.45) is 17.8 Å². The minimum absolute atomic E-state index is 0.00722. The van der Waals surface area contributed by atoms with Gasteiger partial charge in [0.15, 0.2) is 0 Å². The molecule has 1 amide bonds. The van der Waals surface area contributed by atoms with Crippen LogP contribution in [0.25, 0.3) is 0 Å². The second-order valence-corrected chi connectivity index (χ2v) is 7.76. The zero-order chi connectivity index (χ0) is 21.2. The largest absolute Gasteiger partial charge is 0.490 e. The van der Waals surface area contributed by atoms with Gasteiger partial charge in [0.1, 0.15) is 5.76 Å². The molecule has 162 valence electrons. The van der Waals surface area contributed by atoms with Crippen LogP contribution >= 0.6 is 0 Å². The molecule has 1 aliphatic carbocycles. The van der Waals surface area contributed by atoms with Crippen molar-refractivity contribution in [3.8, 4) is 0 Å². The zero-order valence-corrected chi connectivity index (χ0v) is 15.9. The quantitative estimate of drug-likeness (QED) is 0.747. The van der Waals surface area contributed by atoms with Crippen LogP contribution < -0.4 is 5.32 Å². The molecule has 1 aromatic heterocycles. The molecule has 1 saturated carbocycles. The number of hydrogen-bond acceptors (Lipinski definition) is 6. The topological polar surface area (TPSA) is 105 Å². The molecule has 0 radical (unpaired) electrons. The Morgan fingerprint density at radius 2 is 2.03 bits per heavy atom. The molecule has 11 heteroatoms. The van der Waals surface area contributed by atoms with E-state index in [1.54, 1.807) is 0 Å². The zero-order valence-electron chi connectivity index (χ0n) is 15.9. The van der Waals surface area contributed by atoms with Gasteiger partial charge in [-0.25, -0.2) is 4.79 Å². The normalized spacial score (nSPS) is 26.6. The van der Waals surface area contributed by atoms with E-state index < -0.39 is 12.1 Å². The van der Waals surface area contributed by atoms with Gasteiger partial charge in [-0.3, -0.25) is 9.69 Å². The third-order valence-corrected chi connectivity index (χ3v) is 5.29. The number of rotatable bonds is 5. The summed E-state index contributed by atoms with van der Waals surface area (Å²) in [6, 6.07) is 1.97. The molecule has 8 nitrogen and oxygen atoms in total. The van der Waals surface area contributed by atoms with Gasteiger partial charge in [-0.2, -0.15) is 13.2 Å². The molecule has 4 rings (SSSR count). The minimum atomic E-state index is -5.08. The van der Waals surface area contributed by atoms with E-state index in [9.17, 15) is 18.0 Å². The number of alkyl halides is 3. The molecule has 0 aromatic carbocycles. The van der Waals surface area contributed by atoms with Gasteiger partial charge in [0, 0.05) is 38.2 Å². The van der Waals surface area contributed by atoms with Gasteiger partial charge in [0.2, 0.25) is 5.91 Å². The van der Waals surface area contributed by atoms with Gasteiger partial charge in [0.25, 0.3) is 0 Å². The SMILES string of the molecule is Cc1cc(CN2C[C@@H]3[C@@H](C(=O)NCC4CC4)CO[C@@H]3C2)no1.O=C(O)C(F)(F)F. The maximum atomic E-state index is 12.4. The first-order valence-electron chi connectivity index (χ1n) is 9.47. The van der Waals surface area contributed by atoms with Gasteiger partial charge >= 0.3 is 12.1 Å². The van der Waals surface area contributed by atoms with E-state index in [4.69, 9.17) is 19.2 Å². The van der Waals surface area contributed by atoms with E-state index in [2.05, 4.69) is 15.4 Å². The molecule has 3 fully saturated rings. The van der Waals surface area contributed by atoms with E-state index in [1.165, 1.54) is 12.8 Å². The summed E-state index contributed by atoms with van der Waals surface area (Å²) in [5.41, 5.74) is 0.951. The number of nitrogens with zero attached hydrogens (tertiary/aromatic N) is 2. The smallest absolute Gasteiger partial charge is 0.475 e. The summed E-state index contributed by atoms with van der Waals surface area (Å²) in [5, 5.41) is 14.3. The highest BCUT2D eigenvalue weighted by molar-refractivity contribution is 5.79. The highest BCUT2D eigenvalue weighted by Crippen LogP contribution is 2.35. The fourth-order valence-electron chi connectivity index (χ4n) is 3.61. The van der Waals surface area contributed by atoms with E-state index in [1.807, 2.05) is 13.0 Å². The Balaban J connectivity index is 0.000000298. The number of carboxylic acids is 1. The van der Waals surface area contributed by atoms with Crippen LogP contribution in [0.5, 0.6) is 0 Å². The van der Waals surface area contributed by atoms with Crippen molar-refractivity contribution in [3.05, 3.63) is 17.5 Å². The highest BCUT2D eigenvalue weighted by Gasteiger charge is 2.47. The number of halogens is 3. The lowest BCUT2D eigenvalue weighted by molar-refractivity contribution is -0.192. The molecule has 2 aliphatic heterocycles. The standard InChI is InChI=1S/C16H23N3O3.C2HF3O2/c1-10-4-12(18-22-10)6-19-7-13-14(9-21-15(13)8-19)16(20)17-5-11-2-3-11;3-2(4,5)1(6)7/h4,11,13-15H,2-3,5-9H2,1H3,(H,17,20);(H,6,7)/t13-,14+,15-;/m1./s1. The van der Waals surface area contributed by atoms with Crippen LogP contribution in [0.4, 0.5) is 13.2 Å². The second kappa shape index (κ2) is 8.70. The maximum absolute atomic E-state index is 12.4. The number of hydrogen-bond donors (Lipinski definition) is 2. The van der Waals surface area contributed by atoms with Crippen molar-refractivity contribution in [1.29, 1.82) is 0 Å². The number of aryl methyl sites for hydroxylation is 1. The number of carboxylic acid groups (broad SMARTS) is 1. The monoisotopic (exact) mass is 419 g/mol. The Bertz CT molecular complexity index is 735. The molecule has 0 spiro atoms. The minimum Gasteiger partial charge on any atom is -0.475 e. The summed E-state index contributed by atoms with van der Waals surface area (Å²) in [5.74, 6) is -0.702. The van der Waals surface area contributed by atoms with Crippen molar-refractivity contribution < 1.29 is 37.1 Å². The number of likely N-dealkylation sites (tertiary alicyclic amines) is 1. The van der Waals surface area contributed by atoms with Crippen LogP contribution in [0.15, 0.2) is 10.6 Å². The first kappa shape index (κ1) is 21.6. The highest BCUT2D eigenvalue weighted by atomic mass is 19.4. The number of nitrogens with one attached hydrogen (secondary N) is 1. The average Bonchev–Trinajstić information content (AvgIpc) is 3.05. The van der Waals surface area contributed by atoms with Crippen LogP contribution in [-0.4, -0.2) is 65.6 Å². The number of carbonyl (C=O) groups is 2. The summed E-state index contributed by atoms with van der Waals surface area (Å²) in [6.07, 6.45) is -2.37. The summed E-state index contributed by atoms with van der Waals surface area (Å²) in [4.78, 5) is 23.6. The maximum Gasteiger partial charge on any atom is 0.490 e. The van der Waals surface area contributed by atoms with E-state index in [0.29, 0.717) is 12.5 Å². The van der Waals surface area contributed by atoms with Crippen LogP contribution in [0, 0.1) is 24.7 Å². The van der Waals surface area contributed by atoms with E-state index in [-0.39, 0.29) is 17.9 Å². The van der Waals surface area contributed by atoms with Crippen molar-refractivity contribution in [3.63, 3.8) is 0 Å². The lowest BCUT2D eigenvalue weighted by atomic mass is 9.92. The Kier molecular flexibility index (Phi) is 6.47. The number of aromatic nitrogens is 1. The van der Waals surface area contributed by atoms with Crippen LogP contribution in [0.2, 0.25) is 0 Å². The molecule has 1 aromatic rings. The number of fused-ring (bicyclic) bond motifs is 1. The molecule has 0 unspecified atom stereocenters. The summed E-state index contributed by atoms with van der Waals surface area (Å²) in [7, 11) is 0. The van der Waals surface area contributed by atoms with Gasteiger partial charge in [-0.15, -0.1) is 0 Å². The van der Waals surface area contributed by atoms with Crippen LogP contribution in [0.3, 0.4) is 0 Å². The third kappa shape index (κ3) is 5.92. The van der Waals surface area contributed by atoms with Crippen LogP contribution in [0.1, 0.15) is 24.3 Å². The summed E-state index contributed by atoms with van der Waals surface area (Å²) in [6.45, 7) is 5.86. The molecule has 2 N–H and O–H groups in total. The Hall–Kier alpha value is -2.14. The van der Waals surface area contributed by atoms with Crippen molar-refractivity contribution in [2.45, 2.75) is 38.6 Å². The van der Waals surface area contributed by atoms with Gasteiger partial charge in [0.05, 0.1) is 24.3 Å². The molecule has 2 saturated heterocycles. The fourth-order valence-corrected chi connectivity index (χ4v) is 3.61. The van der Waals surface area contributed by atoms with Gasteiger partial charge < -0.3 is 19.7 Å². The van der Waals surface area contributed by atoms with E-state index in [0.717, 1.165) is 43.6 Å². The molecule has 29 heavy (non-hydrogen) atoms. The molecular weight excluding hydrogens is 395 g/mol. The molecular formula is C18H24F3N3O5. The lowest BCUT2D eigenvalue weighted by Crippen LogP contribution is -2.37. The van der Waals surface area contributed by atoms with Crippen molar-refractivity contribution in [2.75, 3.05) is 26.2 Å². The molecule has 3 heterocycles. The first-order valence-corrected chi connectivity index (χ1v) is 9.47. The number of aliphatic carboxylic acids is 1. The molecule has 3 aliphatic rings. The predicted octanol–water partition coefficient (Wildman–Crippen LogP) is 1.59. The first-order chi connectivity index (χ1) is 13.6. The second-order valence-electron chi connectivity index (χ2n) is 7.76. The summed E-state index contributed by atoms with van der Waals surface area (Å²) < 4.78 is 42.7. The van der Waals surface area contributed by atoms with Gasteiger partial charge in [-0.05, 0) is 25.7 Å². The lowest BCUT2D eigenvalue weighted by Gasteiger charge is -2.18. The van der Waals surface area contributed by atoms with Gasteiger partial charge in [-0.1, -0.05) is 5.16 Å². The summed E-state index contributed by atoms with van der Waals surface area (Å²) >= 11 is 0. The average molecular weight is 419 g/mol. The Labute approximate surface area is 165 Å². The van der Waals surface area contributed by atoms with Crippen molar-refractivity contribution >= 4 is 11.9 Å². The Morgan fingerprint density at radius 1 is 1.34 bits per heavy atom. The predicted molar refractivity (Wildman–Crippen MR) is 92.7 cm³/mol. The number of carbonyl (C=O) groups excluding carboxylic acids is 1. The van der Waals surface area contributed by atoms with Crippen molar-refractivity contribution in [1.82, 2.24) is 15.4 Å². The Morgan fingerprint density at radius 3 is 2.59 bits per heavy atom. The number of amides is 1. The number of ether oxygens (including phenoxy) is 1. The fraction of sp³-hybridized carbons (Fsp3) is 0.722. The third-order valence-electron chi connectivity index (χ3n) is 5.29. The van der Waals surface area contributed by atoms with E-state index >= 15 is 0 Å². The molecule has 3 atom stereocenters. The molecule has 0 bridgehead atoms.